The Morgan fingerprint density at radius 1 is 0.820 bits per heavy atom. The molecule has 0 amide bonds. The van der Waals surface area contributed by atoms with Crippen molar-refractivity contribution in [2.75, 3.05) is 0 Å². The van der Waals surface area contributed by atoms with Crippen LogP contribution in [0.4, 0.5) is 0 Å². The van der Waals surface area contributed by atoms with Gasteiger partial charge in [-0.1, -0.05) is 99.6 Å². The van der Waals surface area contributed by atoms with E-state index in [0.29, 0.717) is 31.3 Å². The summed E-state index contributed by atoms with van der Waals surface area (Å²) in [6, 6.07) is 0. The number of allylic oxidation sites excluding steroid dienone is 14. The first-order chi connectivity index (χ1) is 27.2. The number of hydrogen-bond donors (Lipinski definition) is 3. The molecule has 0 aromatic heterocycles. The number of ether oxygens (including phenoxy) is 3. The summed E-state index contributed by atoms with van der Waals surface area (Å²) in [5.74, 6) is -3.06. The standard InChI is InChI=1S/C48H63O11.Na.H2O/c1-32(18-14-19-34(3)22-23-40-43(6,7)26-37(57-36(5)50)28-45(40,10)55)16-12-13-17-33(2)20-15-21-35(4)39(51)30-48-44(8,9)27-38(29-46(48,11)59-48)58-41(52)31-47(56,24-25-49)42(53)54;;/h12-22,37-38,55-56H,24,26-31H2,1-11H3,(H,53,54);;1H2/q-1;+1;/p-1/b13-12+,18-14+,20-15+,32-16+,33-17+,34-19+,35-21+;;/t23?,37?,38?,45-,46?,47?,48?;;/m1../s1. The molecule has 6 atom stereocenters. The van der Waals surface area contributed by atoms with Crippen molar-refractivity contribution in [1.82, 2.24) is 0 Å². The Labute approximate surface area is 383 Å². The van der Waals surface area contributed by atoms with Crippen molar-refractivity contribution in [3.63, 3.8) is 0 Å². The van der Waals surface area contributed by atoms with Crippen molar-refractivity contribution in [3.8, 4) is 0 Å². The van der Waals surface area contributed by atoms with Gasteiger partial charge in [0.2, 0.25) is 0 Å². The molecule has 2 aliphatic carbocycles. The SMILES string of the molecule is CC(=O)OC1CC(C)(C)C(=C=C/C(C)=C/C=C/C(C)=C/C=C/C=C(C)/C=C/C=C(\C)C(=O)CC23OC2(C)CC(OC(=O)CC(O)(C[C-]=O)C(=O)O)CC3(C)C)[C@](C)(O)C1.[Na+].[OH-]. The zero-order valence-electron chi connectivity index (χ0n) is 38.0. The third kappa shape index (κ3) is 14.7. The third-order valence-corrected chi connectivity index (χ3v) is 11.6. The van der Waals surface area contributed by atoms with Crippen molar-refractivity contribution >= 4 is 30.0 Å². The van der Waals surface area contributed by atoms with Crippen LogP contribution in [0.3, 0.4) is 0 Å². The van der Waals surface area contributed by atoms with E-state index in [1.807, 2.05) is 116 Å². The Morgan fingerprint density at radius 2 is 1.36 bits per heavy atom. The Morgan fingerprint density at radius 3 is 1.87 bits per heavy atom. The van der Waals surface area contributed by atoms with Crippen LogP contribution in [-0.4, -0.2) is 85.4 Å². The van der Waals surface area contributed by atoms with E-state index in [2.05, 4.69) is 5.73 Å². The molecule has 0 radical (unpaired) electrons. The number of aliphatic carboxylic acids is 1. The van der Waals surface area contributed by atoms with Crippen molar-refractivity contribution in [2.45, 2.75) is 156 Å². The minimum Gasteiger partial charge on any atom is -0.870 e. The number of aliphatic hydroxyl groups is 2. The summed E-state index contributed by atoms with van der Waals surface area (Å²) in [4.78, 5) is 59.6. The van der Waals surface area contributed by atoms with E-state index >= 15 is 0 Å². The van der Waals surface area contributed by atoms with E-state index in [1.165, 1.54) is 13.2 Å². The number of esters is 2. The number of fused-ring (bicyclic) bond motifs is 1. The van der Waals surface area contributed by atoms with Crippen molar-refractivity contribution in [2.24, 2.45) is 10.8 Å². The molecular weight excluding hydrogens is 792 g/mol. The summed E-state index contributed by atoms with van der Waals surface area (Å²) < 4.78 is 17.2. The van der Waals surface area contributed by atoms with Crippen molar-refractivity contribution in [3.05, 3.63) is 100 Å². The number of carboxylic acids is 1. The smallest absolute Gasteiger partial charge is 0.870 e. The van der Waals surface area contributed by atoms with Gasteiger partial charge in [-0.3, -0.25) is 20.7 Å². The predicted octanol–water partition coefficient (Wildman–Crippen LogP) is 4.78. The number of carbonyl (C=O) groups is 4. The van der Waals surface area contributed by atoms with Crippen LogP contribution in [0.5, 0.6) is 0 Å². The number of carbonyl (C=O) groups excluding carboxylic acids is 4. The van der Waals surface area contributed by atoms with Crippen molar-refractivity contribution in [1.29, 1.82) is 0 Å². The first-order valence-corrected chi connectivity index (χ1v) is 20.0. The Balaban J connectivity index is 0.00000930. The molecule has 3 aliphatic rings. The number of rotatable bonds is 17. The molecule has 0 aromatic rings. The molecule has 13 heteroatoms. The maximum Gasteiger partial charge on any atom is 1.00 e. The van der Waals surface area contributed by atoms with Crippen LogP contribution in [0.1, 0.15) is 121 Å². The quantitative estimate of drug-likeness (QED) is 0.0344. The first-order valence-electron chi connectivity index (χ1n) is 20.0. The van der Waals surface area contributed by atoms with Crippen LogP contribution in [-0.2, 0) is 38.2 Å². The number of Topliss-reactive ketones (excluding diaryl/α,β-unsaturated/α-hetero) is 1. The van der Waals surface area contributed by atoms with E-state index in [-0.39, 0.29) is 64.7 Å². The van der Waals surface area contributed by atoms with Crippen LogP contribution >= 0.6 is 0 Å². The first kappa shape index (κ1) is 55.3. The molecule has 0 aromatic carbocycles. The van der Waals surface area contributed by atoms with Crippen LogP contribution in [0.25, 0.3) is 0 Å². The molecule has 0 bridgehead atoms. The maximum atomic E-state index is 13.4. The second kappa shape index (κ2) is 22.1. The molecule has 1 saturated heterocycles. The second-order valence-corrected chi connectivity index (χ2v) is 18.1. The molecule has 4 N–H and O–H groups in total. The van der Waals surface area contributed by atoms with Gasteiger partial charge < -0.3 is 39.8 Å². The molecule has 12 nitrogen and oxygen atoms in total. The number of epoxide rings is 1. The van der Waals surface area contributed by atoms with Gasteiger partial charge in [-0.15, -0.1) is 12.2 Å². The maximum absolute atomic E-state index is 13.4. The van der Waals surface area contributed by atoms with Gasteiger partial charge in [-0.25, -0.2) is 4.79 Å². The summed E-state index contributed by atoms with van der Waals surface area (Å²) in [6.07, 6.45) is 21.6. The molecule has 3 rings (SSSR count). The van der Waals surface area contributed by atoms with E-state index in [1.54, 1.807) is 19.9 Å². The van der Waals surface area contributed by atoms with Crippen LogP contribution < -0.4 is 29.6 Å². The summed E-state index contributed by atoms with van der Waals surface area (Å²) >= 11 is 0. The number of carboxylic acid groups (broad SMARTS) is 1. The fourth-order valence-electron chi connectivity index (χ4n) is 8.61. The summed E-state index contributed by atoms with van der Waals surface area (Å²) in [6.45, 7) is 20.7. The topological polar surface area (TPSA) is 207 Å². The zero-order valence-corrected chi connectivity index (χ0v) is 40.0. The van der Waals surface area contributed by atoms with Gasteiger partial charge in [0.25, 0.3) is 0 Å². The van der Waals surface area contributed by atoms with Crippen molar-refractivity contribution < 1.29 is 88.5 Å². The van der Waals surface area contributed by atoms with E-state index in [9.17, 15) is 39.3 Å². The Bertz CT molecular complexity index is 1930. The van der Waals surface area contributed by atoms with E-state index < -0.39 is 58.7 Å². The second-order valence-electron chi connectivity index (χ2n) is 18.1. The number of hydrogen-bond acceptors (Lipinski definition) is 11. The van der Waals surface area contributed by atoms with Gasteiger partial charge in [0.05, 0.1) is 17.6 Å². The molecular formula is C48H64NaO12-. The Kier molecular flexibility index (Phi) is 20.0. The minimum atomic E-state index is -2.59. The van der Waals surface area contributed by atoms with Gasteiger partial charge in [-0.05, 0) is 77.0 Å². The monoisotopic (exact) mass is 855 g/mol. The fourth-order valence-corrected chi connectivity index (χ4v) is 8.61. The van der Waals surface area contributed by atoms with Crippen LogP contribution in [0.15, 0.2) is 100 Å². The molecule has 330 valence electrons. The fraction of sp³-hybridized carbons (Fsp3) is 0.542. The van der Waals surface area contributed by atoms with Gasteiger partial charge in [0.15, 0.2) is 5.78 Å². The average molecular weight is 856 g/mol. The van der Waals surface area contributed by atoms with E-state index in [4.69, 9.17) is 14.2 Å². The summed E-state index contributed by atoms with van der Waals surface area (Å²) in [5.41, 5.74) is 1.48. The summed E-state index contributed by atoms with van der Waals surface area (Å²) in [7, 11) is 0. The van der Waals surface area contributed by atoms with Crippen LogP contribution in [0.2, 0.25) is 0 Å². The van der Waals surface area contributed by atoms with Crippen LogP contribution in [0, 0.1) is 10.8 Å². The molecule has 61 heavy (non-hydrogen) atoms. The Hall–Kier alpha value is -3.71. The molecule has 0 spiro atoms. The molecule has 5 unspecified atom stereocenters. The normalized spacial score (nSPS) is 28.4. The van der Waals surface area contributed by atoms with Gasteiger partial charge >= 0.3 is 47.5 Å². The molecule has 3 fully saturated rings. The van der Waals surface area contributed by atoms with E-state index in [0.717, 1.165) is 22.3 Å². The zero-order chi connectivity index (χ0) is 44.6. The number of ketones is 1. The largest absolute Gasteiger partial charge is 1.00 e. The van der Waals surface area contributed by atoms with Gasteiger partial charge in [-0.2, -0.15) is 0 Å². The third-order valence-electron chi connectivity index (χ3n) is 11.6. The molecule has 1 heterocycles. The predicted molar refractivity (Wildman–Crippen MR) is 227 cm³/mol. The average Bonchev–Trinajstić information content (AvgIpc) is 3.69. The van der Waals surface area contributed by atoms with Gasteiger partial charge in [0.1, 0.15) is 23.4 Å². The molecule has 1 aliphatic heterocycles. The summed E-state index contributed by atoms with van der Waals surface area (Å²) in [5, 5.41) is 30.6. The van der Waals surface area contributed by atoms with Gasteiger partial charge in [0, 0.05) is 37.2 Å². The minimum absolute atomic E-state index is 0. The molecule has 2 saturated carbocycles.